The molecule has 0 saturated carbocycles. The van der Waals surface area contributed by atoms with Crippen molar-refractivity contribution in [3.05, 3.63) is 48.8 Å². The maximum atomic E-state index is 11.6. The van der Waals surface area contributed by atoms with Crippen LogP contribution in [0.3, 0.4) is 0 Å². The minimum absolute atomic E-state index is 0.317. The van der Waals surface area contributed by atoms with Crippen LogP contribution in [0.2, 0.25) is 0 Å². The van der Waals surface area contributed by atoms with Gasteiger partial charge in [-0.25, -0.2) is 13.4 Å². The van der Waals surface area contributed by atoms with Crippen molar-refractivity contribution in [3.8, 4) is 378 Å². The Balaban J connectivity index is 0.00000102. The third kappa shape index (κ3) is 37.6. The fourth-order valence-electron chi connectivity index (χ4n) is 4.03. The highest BCUT2D eigenvalue weighted by atomic mass is 32.2. The zero-order valence-electron chi connectivity index (χ0n) is 43.3. The van der Waals surface area contributed by atoms with Crippen molar-refractivity contribution in [1.29, 1.82) is 0 Å². The van der Waals surface area contributed by atoms with E-state index in [4.69, 9.17) is 0 Å². The molecule has 1 aromatic heterocycles. The predicted octanol–water partition coefficient (Wildman–Crippen LogP) is 3.77. The van der Waals surface area contributed by atoms with Crippen LogP contribution in [-0.4, -0.2) is 24.6 Å². The summed E-state index contributed by atoms with van der Waals surface area (Å²) in [5.41, 5.74) is 3.54. The van der Waals surface area contributed by atoms with Crippen LogP contribution in [0.25, 0.3) is 22.2 Å². The number of para-hydroxylation sites is 1. The first-order valence-corrected chi connectivity index (χ1v) is 23.9. The Bertz CT molecular complexity index is 5190. The number of imidazole rings is 1. The Labute approximate surface area is 488 Å². The number of hydrogen-bond donors (Lipinski definition) is 1. The summed E-state index contributed by atoms with van der Waals surface area (Å²) in [5, 5.41) is 0. The van der Waals surface area contributed by atoms with E-state index in [1.165, 1.54) is 6.26 Å². The summed E-state index contributed by atoms with van der Waals surface area (Å²) in [6.45, 7) is 3.37. The van der Waals surface area contributed by atoms with E-state index < -0.39 is 9.84 Å². The van der Waals surface area contributed by atoms with Gasteiger partial charge in [-0.05, 0) is 132 Å². The van der Waals surface area contributed by atoms with E-state index in [0.29, 0.717) is 4.90 Å². The van der Waals surface area contributed by atoms with Crippen molar-refractivity contribution in [3.63, 3.8) is 0 Å². The molecular weight excluding hydrogens is 1030 g/mol. The van der Waals surface area contributed by atoms with Crippen molar-refractivity contribution < 1.29 is 8.42 Å². The van der Waals surface area contributed by atoms with Gasteiger partial charge >= 0.3 is 0 Å². The van der Waals surface area contributed by atoms with Gasteiger partial charge in [0.15, 0.2) is 9.84 Å². The van der Waals surface area contributed by atoms with E-state index in [1.807, 2.05) is 24.3 Å². The molecule has 2 aromatic carbocycles. The summed E-state index contributed by atoms with van der Waals surface area (Å²) >= 11 is 0. The molecule has 0 unspecified atom stereocenters. The van der Waals surface area contributed by atoms with Gasteiger partial charge in [0.1, 0.15) is 0 Å². The highest BCUT2D eigenvalue weighted by molar-refractivity contribution is 7.90. The molecule has 3 aromatic rings. The Hall–Kier alpha value is -15.8. The lowest BCUT2D eigenvalue weighted by atomic mass is 10.0. The number of nitrogens with one attached hydrogen (secondary N) is 1. The zero-order valence-corrected chi connectivity index (χ0v) is 44.1. The lowest BCUT2D eigenvalue weighted by Gasteiger charge is -2.05. The van der Waals surface area contributed by atoms with Crippen LogP contribution in [0, 0.1) is 367 Å². The molecule has 4 nitrogen and oxygen atoms in total. The molecule has 3 rings (SSSR count). The van der Waals surface area contributed by atoms with Crippen molar-refractivity contribution in [2.24, 2.45) is 0 Å². The molecular formula is C78H18N2O2S. The van der Waals surface area contributed by atoms with Crippen molar-refractivity contribution in [1.82, 2.24) is 9.97 Å². The topological polar surface area (TPSA) is 62.8 Å². The van der Waals surface area contributed by atoms with E-state index in [0.717, 1.165) is 22.2 Å². The predicted molar refractivity (Wildman–Crippen MR) is 327 cm³/mol. The van der Waals surface area contributed by atoms with Crippen LogP contribution in [0.4, 0.5) is 0 Å². The summed E-state index contributed by atoms with van der Waals surface area (Å²) in [7, 11) is -3.20. The summed E-state index contributed by atoms with van der Waals surface area (Å²) in [6.07, 6.45) is 2.84. The average Bonchev–Trinajstić information content (AvgIpc) is 4.26. The number of rotatable bonds is 2. The highest BCUT2D eigenvalue weighted by Gasteiger charge is 2.10. The fourth-order valence-corrected chi connectivity index (χ4v) is 4.70. The molecule has 0 fully saturated rings. The minimum atomic E-state index is -3.20. The van der Waals surface area contributed by atoms with Gasteiger partial charge in [0.2, 0.25) is 0 Å². The van der Waals surface area contributed by atoms with Crippen LogP contribution in [-0.2, 0) is 9.84 Å². The molecule has 0 saturated heterocycles. The maximum absolute atomic E-state index is 11.6. The van der Waals surface area contributed by atoms with E-state index in [1.54, 1.807) is 38.4 Å². The lowest BCUT2D eigenvalue weighted by Crippen LogP contribution is -1.96. The second-order valence-electron chi connectivity index (χ2n) is 12.4. The van der Waals surface area contributed by atoms with Crippen LogP contribution < -0.4 is 0 Å². The number of aromatic nitrogens is 2. The van der Waals surface area contributed by atoms with E-state index in [9.17, 15) is 8.42 Å². The molecule has 0 aliphatic heterocycles. The number of H-pyrrole nitrogens is 1. The quantitative estimate of drug-likeness (QED) is 0.399. The summed E-state index contributed by atoms with van der Waals surface area (Å²) in [5.74, 6) is 156. The van der Waals surface area contributed by atoms with Gasteiger partial charge < -0.3 is 4.98 Å². The fraction of sp³-hybridized carbons (Fsp3) is 0.0385. The van der Waals surface area contributed by atoms with Gasteiger partial charge in [-0.2, -0.15) is 0 Å². The largest absolute Gasteiger partial charge is 0.345 e. The zero-order chi connectivity index (χ0) is 59.3. The Morgan fingerprint density at radius 2 is 0.518 bits per heavy atom. The van der Waals surface area contributed by atoms with Gasteiger partial charge in [0.25, 0.3) is 0 Å². The molecule has 0 atom stereocenters. The Kier molecular flexibility index (Phi) is 36.0. The lowest BCUT2D eigenvalue weighted by molar-refractivity contribution is 0.602. The molecule has 1 N–H and O–H groups in total. The van der Waals surface area contributed by atoms with Gasteiger partial charge in [-0.3, -0.25) is 0 Å². The minimum Gasteiger partial charge on any atom is -0.345 e. The van der Waals surface area contributed by atoms with Crippen LogP contribution >= 0.6 is 0 Å². The number of aromatic amines is 1. The Morgan fingerprint density at radius 1 is 0.301 bits per heavy atom. The molecule has 0 aliphatic rings. The van der Waals surface area contributed by atoms with Crippen LogP contribution in [0.5, 0.6) is 0 Å². The molecule has 0 spiro atoms. The monoisotopic (exact) mass is 1050 g/mol. The highest BCUT2D eigenvalue weighted by Crippen LogP contribution is 2.28. The summed E-state index contributed by atoms with van der Waals surface area (Å²) < 4.78 is 23.2. The number of hydrogen-bond acceptors (Lipinski definition) is 3. The maximum Gasteiger partial charge on any atom is 0.175 e. The smallest absolute Gasteiger partial charge is 0.175 e. The van der Waals surface area contributed by atoms with Crippen molar-refractivity contribution in [2.75, 3.05) is 6.26 Å². The first-order chi connectivity index (χ1) is 41.0. The molecule has 358 valence electrons. The standard InChI is InChI=1S/C64H6.C14H12N2O2S/c1-3-5-7-9-11-13-15-17-19-21-23-25-27-29-31-33-35-37-39-41-43-45-47-49-51-53-55-57-59-61-63-64-62-60-58-56-54-52-50-48-46-44-42-40-38-36-34-32-30-28-26-24-22-20-18-16-14-12-10-8-6-4-2;1-19(17,18)11-5-2-4-10(8-11)12-6-3-7-13-14(12)16-9-15-13/h1-2H3;2-9H,1H3,(H,15,16). The van der Waals surface area contributed by atoms with Gasteiger partial charge in [0.05, 0.1) is 22.3 Å². The molecule has 0 radical (unpaired) electrons. The van der Waals surface area contributed by atoms with Gasteiger partial charge in [-0.15, -0.1) is 0 Å². The second-order valence-corrected chi connectivity index (χ2v) is 14.4. The van der Waals surface area contributed by atoms with Crippen molar-refractivity contribution >= 4 is 20.9 Å². The third-order valence-corrected chi connectivity index (χ3v) is 8.07. The first-order valence-electron chi connectivity index (χ1n) is 22.0. The molecule has 0 aliphatic carbocycles. The number of fused-ring (bicyclic) bond motifs is 1. The second kappa shape index (κ2) is 47.2. The van der Waals surface area contributed by atoms with E-state index >= 15 is 0 Å². The summed E-state index contributed by atoms with van der Waals surface area (Å²) in [4.78, 5) is 7.64. The number of benzene rings is 2. The molecule has 5 heteroatoms. The molecule has 1 heterocycles. The summed E-state index contributed by atoms with van der Waals surface area (Å²) in [6, 6.07) is 12.7. The molecule has 0 amide bonds. The normalized spacial score (nSPS) is 5.77. The van der Waals surface area contributed by atoms with Crippen LogP contribution in [0.15, 0.2) is 53.7 Å². The third-order valence-electron chi connectivity index (χ3n) is 6.96. The molecule has 83 heavy (non-hydrogen) atoms. The molecule has 0 bridgehead atoms. The number of nitrogens with zero attached hydrogens (tertiary/aromatic N) is 1. The van der Waals surface area contributed by atoms with Crippen LogP contribution in [0.1, 0.15) is 13.8 Å². The van der Waals surface area contributed by atoms with E-state index in [2.05, 4.69) is 377 Å². The van der Waals surface area contributed by atoms with Gasteiger partial charge in [0, 0.05) is 272 Å². The average molecular weight is 1050 g/mol. The Morgan fingerprint density at radius 3 is 0.735 bits per heavy atom. The first kappa shape index (κ1) is 63.3. The SMILES string of the molecule is CC#CC#CC#CC#CC#CC#CC#CC#CC#CC#CC#CC#CC#CC#CC#CC#CC#CC#CC#CC#CC#CC#CC#CC#CC#CC#CC#CC#CC#CC#CC#CC.CS(=O)(=O)c1cccc(-c2cccc3[nH]cnc23)c1. The van der Waals surface area contributed by atoms with Crippen molar-refractivity contribution in [2.45, 2.75) is 18.7 Å². The number of sulfone groups is 1. The van der Waals surface area contributed by atoms with Gasteiger partial charge in [-0.1, -0.05) is 36.1 Å². The van der Waals surface area contributed by atoms with E-state index in [-0.39, 0.29) is 0 Å².